The first-order valence-corrected chi connectivity index (χ1v) is 6.71. The molecular weight excluding hydrogens is 236 g/mol. The molecule has 2 fully saturated rings. The molecule has 1 heterocycles. The Morgan fingerprint density at radius 2 is 2.00 bits per heavy atom. The minimum absolute atomic E-state index is 0. The van der Waals surface area contributed by atoms with Crippen LogP contribution < -0.4 is 10.6 Å². The zero-order valence-electron chi connectivity index (χ0n) is 10.8. The van der Waals surface area contributed by atoms with Crippen LogP contribution >= 0.6 is 12.4 Å². The molecule has 0 aromatic rings. The van der Waals surface area contributed by atoms with Gasteiger partial charge in [-0.05, 0) is 56.5 Å². The standard InChI is InChI=1S/C13H24N2O.ClH/c1-2-13(5-6-13)10-15-12(16)9-11-3-7-14-8-4-11;/h11,14H,2-10H2,1H3,(H,15,16);1H. The quantitative estimate of drug-likeness (QED) is 0.795. The van der Waals surface area contributed by atoms with E-state index in [1.54, 1.807) is 0 Å². The number of hydrogen-bond acceptors (Lipinski definition) is 2. The van der Waals surface area contributed by atoms with Gasteiger partial charge in [-0.25, -0.2) is 0 Å². The summed E-state index contributed by atoms with van der Waals surface area (Å²) in [4.78, 5) is 11.8. The molecule has 1 saturated carbocycles. The Hall–Kier alpha value is -0.280. The molecule has 1 amide bonds. The lowest BCUT2D eigenvalue weighted by Gasteiger charge is -2.22. The van der Waals surface area contributed by atoms with Crippen LogP contribution in [-0.2, 0) is 4.79 Å². The normalized spacial score (nSPS) is 22.6. The van der Waals surface area contributed by atoms with Gasteiger partial charge in [0.2, 0.25) is 5.91 Å². The minimum atomic E-state index is 0. The van der Waals surface area contributed by atoms with E-state index < -0.39 is 0 Å². The number of piperidine rings is 1. The molecule has 1 aliphatic carbocycles. The van der Waals surface area contributed by atoms with Crippen molar-refractivity contribution in [3.63, 3.8) is 0 Å². The zero-order chi connectivity index (χ0) is 11.4. The van der Waals surface area contributed by atoms with Crippen LogP contribution in [0.25, 0.3) is 0 Å². The number of nitrogens with one attached hydrogen (secondary N) is 2. The summed E-state index contributed by atoms with van der Waals surface area (Å²) in [6.45, 7) is 5.30. The van der Waals surface area contributed by atoms with E-state index >= 15 is 0 Å². The molecule has 4 heteroatoms. The third-order valence-corrected chi connectivity index (χ3v) is 4.30. The first-order valence-electron chi connectivity index (χ1n) is 6.71. The summed E-state index contributed by atoms with van der Waals surface area (Å²) in [5.74, 6) is 0.879. The summed E-state index contributed by atoms with van der Waals surface area (Å²) < 4.78 is 0. The van der Waals surface area contributed by atoms with Gasteiger partial charge >= 0.3 is 0 Å². The minimum Gasteiger partial charge on any atom is -0.356 e. The van der Waals surface area contributed by atoms with E-state index in [4.69, 9.17) is 0 Å². The van der Waals surface area contributed by atoms with E-state index in [2.05, 4.69) is 17.6 Å². The Labute approximate surface area is 111 Å². The fraction of sp³-hybridized carbons (Fsp3) is 0.923. The molecule has 0 aromatic heterocycles. The van der Waals surface area contributed by atoms with E-state index in [9.17, 15) is 4.79 Å². The van der Waals surface area contributed by atoms with E-state index in [1.165, 1.54) is 19.3 Å². The number of hydrogen-bond donors (Lipinski definition) is 2. The van der Waals surface area contributed by atoms with Crippen LogP contribution in [0, 0.1) is 11.3 Å². The van der Waals surface area contributed by atoms with Gasteiger partial charge in [-0.3, -0.25) is 4.79 Å². The Morgan fingerprint density at radius 1 is 1.35 bits per heavy atom. The molecule has 3 nitrogen and oxygen atoms in total. The van der Waals surface area contributed by atoms with Crippen molar-refractivity contribution in [1.29, 1.82) is 0 Å². The summed E-state index contributed by atoms with van der Waals surface area (Å²) in [5, 5.41) is 6.46. The average Bonchev–Trinajstić information content (AvgIpc) is 3.09. The molecule has 0 radical (unpaired) electrons. The summed E-state index contributed by atoms with van der Waals surface area (Å²) in [6.07, 6.45) is 6.87. The third kappa shape index (κ3) is 4.47. The molecule has 2 rings (SSSR count). The predicted octanol–water partition coefficient (Wildman–Crippen LogP) is 2.10. The predicted molar refractivity (Wildman–Crippen MR) is 72.4 cm³/mol. The summed E-state index contributed by atoms with van der Waals surface area (Å²) in [5.41, 5.74) is 0.476. The van der Waals surface area contributed by atoms with Crippen LogP contribution in [0.15, 0.2) is 0 Å². The molecule has 2 N–H and O–H groups in total. The molecule has 1 aliphatic heterocycles. The lowest BCUT2D eigenvalue weighted by Crippen LogP contribution is -2.34. The second-order valence-corrected chi connectivity index (χ2v) is 5.53. The molecule has 0 atom stereocenters. The Kier molecular flexibility index (Phi) is 5.74. The maximum absolute atomic E-state index is 11.8. The van der Waals surface area contributed by atoms with E-state index in [-0.39, 0.29) is 18.3 Å². The molecule has 17 heavy (non-hydrogen) atoms. The number of amides is 1. The maximum Gasteiger partial charge on any atom is 0.220 e. The molecule has 0 bridgehead atoms. The highest BCUT2D eigenvalue weighted by atomic mass is 35.5. The van der Waals surface area contributed by atoms with Crippen molar-refractivity contribution in [3.8, 4) is 0 Å². The topological polar surface area (TPSA) is 41.1 Å². The van der Waals surface area contributed by atoms with Crippen LogP contribution in [0.1, 0.15) is 45.4 Å². The molecule has 100 valence electrons. The lowest BCUT2D eigenvalue weighted by atomic mass is 9.94. The van der Waals surface area contributed by atoms with E-state index in [0.29, 0.717) is 11.3 Å². The molecule has 0 unspecified atom stereocenters. The second-order valence-electron chi connectivity index (χ2n) is 5.53. The SMILES string of the molecule is CCC1(CNC(=O)CC2CCNCC2)CC1.Cl. The van der Waals surface area contributed by atoms with Crippen molar-refractivity contribution >= 4 is 18.3 Å². The largest absolute Gasteiger partial charge is 0.356 e. The van der Waals surface area contributed by atoms with Gasteiger partial charge in [0.15, 0.2) is 0 Å². The van der Waals surface area contributed by atoms with Crippen LogP contribution in [0.4, 0.5) is 0 Å². The number of carbonyl (C=O) groups excluding carboxylic acids is 1. The van der Waals surface area contributed by atoms with Gasteiger partial charge in [0.1, 0.15) is 0 Å². The first-order chi connectivity index (χ1) is 7.74. The van der Waals surface area contributed by atoms with Crippen LogP contribution in [0.3, 0.4) is 0 Å². The van der Waals surface area contributed by atoms with Gasteiger partial charge in [0.25, 0.3) is 0 Å². The molecule has 0 aromatic carbocycles. The van der Waals surface area contributed by atoms with Crippen LogP contribution in [-0.4, -0.2) is 25.5 Å². The summed E-state index contributed by atoms with van der Waals surface area (Å²) in [7, 11) is 0. The molecule has 2 aliphatic rings. The first kappa shape index (κ1) is 14.8. The van der Waals surface area contributed by atoms with Crippen molar-refractivity contribution in [3.05, 3.63) is 0 Å². The van der Waals surface area contributed by atoms with Gasteiger partial charge in [0.05, 0.1) is 0 Å². The number of halogens is 1. The van der Waals surface area contributed by atoms with Gasteiger partial charge in [-0.2, -0.15) is 0 Å². The Morgan fingerprint density at radius 3 is 2.53 bits per heavy atom. The molecule has 0 spiro atoms. The second kappa shape index (κ2) is 6.60. The molecular formula is C13H25ClN2O. The highest BCUT2D eigenvalue weighted by Gasteiger charge is 2.40. The number of carbonyl (C=O) groups is 1. The summed E-state index contributed by atoms with van der Waals surface area (Å²) in [6, 6.07) is 0. The monoisotopic (exact) mass is 260 g/mol. The van der Waals surface area contributed by atoms with Crippen molar-refractivity contribution in [1.82, 2.24) is 10.6 Å². The van der Waals surface area contributed by atoms with Crippen molar-refractivity contribution < 1.29 is 4.79 Å². The number of rotatable bonds is 5. The Balaban J connectivity index is 0.00000144. The third-order valence-electron chi connectivity index (χ3n) is 4.30. The maximum atomic E-state index is 11.8. The van der Waals surface area contributed by atoms with Crippen LogP contribution in [0.5, 0.6) is 0 Å². The van der Waals surface area contributed by atoms with Gasteiger partial charge < -0.3 is 10.6 Å². The van der Waals surface area contributed by atoms with Gasteiger partial charge in [-0.15, -0.1) is 12.4 Å². The Bertz CT molecular complexity index is 248. The highest BCUT2D eigenvalue weighted by molar-refractivity contribution is 5.85. The highest BCUT2D eigenvalue weighted by Crippen LogP contribution is 2.47. The van der Waals surface area contributed by atoms with E-state index in [0.717, 1.165) is 38.9 Å². The van der Waals surface area contributed by atoms with Crippen molar-refractivity contribution in [2.45, 2.75) is 45.4 Å². The van der Waals surface area contributed by atoms with Crippen molar-refractivity contribution in [2.75, 3.05) is 19.6 Å². The molecule has 1 saturated heterocycles. The average molecular weight is 261 g/mol. The van der Waals surface area contributed by atoms with Gasteiger partial charge in [0, 0.05) is 13.0 Å². The van der Waals surface area contributed by atoms with Crippen molar-refractivity contribution in [2.24, 2.45) is 11.3 Å². The van der Waals surface area contributed by atoms with E-state index in [1.807, 2.05) is 0 Å². The van der Waals surface area contributed by atoms with Crippen LogP contribution in [0.2, 0.25) is 0 Å². The fourth-order valence-corrected chi connectivity index (χ4v) is 2.54. The van der Waals surface area contributed by atoms with Gasteiger partial charge in [-0.1, -0.05) is 6.92 Å². The summed E-state index contributed by atoms with van der Waals surface area (Å²) >= 11 is 0. The smallest absolute Gasteiger partial charge is 0.220 e. The lowest BCUT2D eigenvalue weighted by molar-refractivity contribution is -0.122. The fourth-order valence-electron chi connectivity index (χ4n) is 2.54. The zero-order valence-corrected chi connectivity index (χ0v) is 11.6.